The summed E-state index contributed by atoms with van der Waals surface area (Å²) in [6.07, 6.45) is 0.622. The molecular formula is C11H11F3N2O. The molecular weight excluding hydrogens is 233 g/mol. The molecule has 0 bridgehead atoms. The van der Waals surface area contributed by atoms with Crippen LogP contribution in [-0.4, -0.2) is 29.9 Å². The summed E-state index contributed by atoms with van der Waals surface area (Å²) >= 11 is 0. The van der Waals surface area contributed by atoms with E-state index in [1.54, 1.807) is 0 Å². The molecule has 0 spiro atoms. The molecule has 3 nitrogen and oxygen atoms in total. The summed E-state index contributed by atoms with van der Waals surface area (Å²) in [6, 6.07) is 1.54. The van der Waals surface area contributed by atoms with Crippen LogP contribution >= 0.6 is 0 Å². The molecule has 2 rings (SSSR count). The number of carbonyl (C=O) groups excluding carboxylic acids is 1. The zero-order valence-corrected chi connectivity index (χ0v) is 8.92. The van der Waals surface area contributed by atoms with Gasteiger partial charge in [0.25, 0.3) is 5.91 Å². The highest BCUT2D eigenvalue weighted by molar-refractivity contribution is 5.94. The molecule has 0 saturated carbocycles. The van der Waals surface area contributed by atoms with Crippen LogP contribution in [0.3, 0.4) is 0 Å². The van der Waals surface area contributed by atoms with E-state index in [4.69, 9.17) is 5.73 Å². The summed E-state index contributed by atoms with van der Waals surface area (Å²) in [4.78, 5) is 13.2. The SMILES string of the molecule is NC1CCN(C(=O)c2ccc(F)c(F)c2F)C1. The van der Waals surface area contributed by atoms with E-state index in [1.165, 1.54) is 4.90 Å². The zero-order valence-electron chi connectivity index (χ0n) is 8.92. The summed E-state index contributed by atoms with van der Waals surface area (Å²) in [5, 5.41) is 0. The number of carbonyl (C=O) groups is 1. The average molecular weight is 244 g/mol. The lowest BCUT2D eigenvalue weighted by molar-refractivity contribution is 0.0785. The van der Waals surface area contributed by atoms with Crippen molar-refractivity contribution in [2.45, 2.75) is 12.5 Å². The maximum atomic E-state index is 13.4. The monoisotopic (exact) mass is 244 g/mol. The standard InChI is InChI=1S/C11H11F3N2O/c12-8-2-1-7(9(13)10(8)14)11(17)16-4-3-6(15)5-16/h1-2,6H,3-5,15H2. The van der Waals surface area contributed by atoms with E-state index in [-0.39, 0.29) is 6.04 Å². The maximum absolute atomic E-state index is 13.4. The van der Waals surface area contributed by atoms with E-state index < -0.39 is 28.9 Å². The summed E-state index contributed by atoms with van der Waals surface area (Å²) < 4.78 is 39.0. The first kappa shape index (κ1) is 11.9. The van der Waals surface area contributed by atoms with Crippen LogP contribution in [0.4, 0.5) is 13.2 Å². The van der Waals surface area contributed by atoms with Gasteiger partial charge in [0.15, 0.2) is 17.5 Å². The third-order valence-electron chi connectivity index (χ3n) is 2.78. The van der Waals surface area contributed by atoms with Crippen LogP contribution in [0.15, 0.2) is 12.1 Å². The van der Waals surface area contributed by atoms with Gasteiger partial charge in [0, 0.05) is 19.1 Å². The molecule has 17 heavy (non-hydrogen) atoms. The molecule has 92 valence electrons. The van der Waals surface area contributed by atoms with Crippen molar-refractivity contribution in [1.29, 1.82) is 0 Å². The Morgan fingerprint density at radius 2 is 2.00 bits per heavy atom. The fraction of sp³-hybridized carbons (Fsp3) is 0.364. The number of benzene rings is 1. The molecule has 1 unspecified atom stereocenters. The normalized spacial score (nSPS) is 19.8. The fourth-order valence-corrected chi connectivity index (χ4v) is 1.83. The smallest absolute Gasteiger partial charge is 0.256 e. The number of nitrogens with two attached hydrogens (primary N) is 1. The minimum Gasteiger partial charge on any atom is -0.337 e. The van der Waals surface area contributed by atoms with E-state index in [0.717, 1.165) is 12.1 Å². The Morgan fingerprint density at radius 1 is 1.29 bits per heavy atom. The number of rotatable bonds is 1. The lowest BCUT2D eigenvalue weighted by Crippen LogP contribution is -2.32. The first-order valence-electron chi connectivity index (χ1n) is 5.19. The van der Waals surface area contributed by atoms with Crippen LogP contribution < -0.4 is 5.73 Å². The number of amides is 1. The summed E-state index contributed by atoms with van der Waals surface area (Å²) in [6.45, 7) is 0.704. The number of nitrogens with zero attached hydrogens (tertiary/aromatic N) is 1. The van der Waals surface area contributed by atoms with Crippen LogP contribution in [-0.2, 0) is 0 Å². The van der Waals surface area contributed by atoms with Gasteiger partial charge in [-0.05, 0) is 18.6 Å². The van der Waals surface area contributed by atoms with Crippen LogP contribution in [0.2, 0.25) is 0 Å². The van der Waals surface area contributed by atoms with Crippen molar-refractivity contribution in [3.63, 3.8) is 0 Å². The zero-order chi connectivity index (χ0) is 12.6. The molecule has 2 N–H and O–H groups in total. The fourth-order valence-electron chi connectivity index (χ4n) is 1.83. The van der Waals surface area contributed by atoms with Crippen molar-refractivity contribution in [3.8, 4) is 0 Å². The topological polar surface area (TPSA) is 46.3 Å². The number of halogens is 3. The molecule has 1 fully saturated rings. The van der Waals surface area contributed by atoms with E-state index in [1.807, 2.05) is 0 Å². The van der Waals surface area contributed by atoms with Crippen molar-refractivity contribution in [2.24, 2.45) is 5.73 Å². The average Bonchev–Trinajstić information content (AvgIpc) is 2.72. The molecule has 0 aromatic heterocycles. The van der Waals surface area contributed by atoms with E-state index in [0.29, 0.717) is 19.5 Å². The van der Waals surface area contributed by atoms with Crippen LogP contribution in [0.5, 0.6) is 0 Å². The molecule has 1 aromatic carbocycles. The Morgan fingerprint density at radius 3 is 2.59 bits per heavy atom. The number of hydrogen-bond acceptors (Lipinski definition) is 2. The predicted octanol–water partition coefficient (Wildman–Crippen LogP) is 1.28. The van der Waals surface area contributed by atoms with Crippen LogP contribution in [0.25, 0.3) is 0 Å². The molecule has 0 radical (unpaired) electrons. The van der Waals surface area contributed by atoms with Gasteiger partial charge in [-0.15, -0.1) is 0 Å². The minimum absolute atomic E-state index is 0.146. The van der Waals surface area contributed by atoms with Crippen molar-refractivity contribution in [2.75, 3.05) is 13.1 Å². The summed E-state index contributed by atoms with van der Waals surface area (Å²) in [7, 11) is 0. The van der Waals surface area contributed by atoms with Crippen molar-refractivity contribution < 1.29 is 18.0 Å². The first-order chi connectivity index (χ1) is 8.00. The van der Waals surface area contributed by atoms with Crippen LogP contribution in [0.1, 0.15) is 16.8 Å². The molecule has 1 aliphatic heterocycles. The maximum Gasteiger partial charge on any atom is 0.256 e. The third kappa shape index (κ3) is 2.12. The Labute approximate surface area is 96.0 Å². The lowest BCUT2D eigenvalue weighted by Gasteiger charge is -2.16. The van der Waals surface area contributed by atoms with Gasteiger partial charge in [0.1, 0.15) is 0 Å². The second kappa shape index (κ2) is 4.37. The number of likely N-dealkylation sites (tertiary alicyclic amines) is 1. The Kier molecular flexibility index (Phi) is 3.06. The molecule has 1 aliphatic rings. The van der Waals surface area contributed by atoms with Crippen molar-refractivity contribution >= 4 is 5.91 Å². The molecule has 0 aliphatic carbocycles. The summed E-state index contributed by atoms with van der Waals surface area (Å²) in [5.74, 6) is -5.04. The van der Waals surface area contributed by atoms with Gasteiger partial charge in [0.2, 0.25) is 0 Å². The largest absolute Gasteiger partial charge is 0.337 e. The molecule has 1 amide bonds. The summed E-state index contributed by atoms with van der Waals surface area (Å²) in [5.41, 5.74) is 5.15. The molecule has 1 atom stereocenters. The predicted molar refractivity (Wildman–Crippen MR) is 54.8 cm³/mol. The highest BCUT2D eigenvalue weighted by Crippen LogP contribution is 2.19. The van der Waals surface area contributed by atoms with E-state index in [2.05, 4.69) is 0 Å². The highest BCUT2D eigenvalue weighted by Gasteiger charge is 2.28. The Bertz CT molecular complexity index is 464. The van der Waals surface area contributed by atoms with Gasteiger partial charge < -0.3 is 10.6 Å². The molecule has 1 aromatic rings. The minimum atomic E-state index is -1.63. The van der Waals surface area contributed by atoms with E-state index in [9.17, 15) is 18.0 Å². The van der Waals surface area contributed by atoms with E-state index >= 15 is 0 Å². The second-order valence-corrected chi connectivity index (χ2v) is 4.02. The lowest BCUT2D eigenvalue weighted by atomic mass is 10.1. The molecule has 1 saturated heterocycles. The Balaban J connectivity index is 2.29. The quantitative estimate of drug-likeness (QED) is 0.756. The number of hydrogen-bond donors (Lipinski definition) is 1. The van der Waals surface area contributed by atoms with Gasteiger partial charge in [-0.2, -0.15) is 0 Å². The van der Waals surface area contributed by atoms with Crippen LogP contribution in [0, 0.1) is 17.5 Å². The van der Waals surface area contributed by atoms with Crippen molar-refractivity contribution in [3.05, 3.63) is 35.1 Å². The molecule has 1 heterocycles. The third-order valence-corrected chi connectivity index (χ3v) is 2.78. The van der Waals surface area contributed by atoms with Gasteiger partial charge in [-0.25, -0.2) is 13.2 Å². The van der Waals surface area contributed by atoms with Crippen molar-refractivity contribution in [1.82, 2.24) is 4.90 Å². The Hall–Kier alpha value is -1.56. The van der Waals surface area contributed by atoms with Gasteiger partial charge in [0.05, 0.1) is 5.56 Å². The molecule has 6 heteroatoms. The highest BCUT2D eigenvalue weighted by atomic mass is 19.2. The first-order valence-corrected chi connectivity index (χ1v) is 5.19. The van der Waals surface area contributed by atoms with Gasteiger partial charge in [-0.1, -0.05) is 0 Å². The van der Waals surface area contributed by atoms with Gasteiger partial charge in [-0.3, -0.25) is 4.79 Å². The van der Waals surface area contributed by atoms with Gasteiger partial charge >= 0.3 is 0 Å². The second-order valence-electron chi connectivity index (χ2n) is 4.02.